The van der Waals surface area contributed by atoms with Crippen LogP contribution in [0.3, 0.4) is 0 Å². The SMILES string of the molecule is CS(=O)(=O)N1CCc2cc(C(=O)OCc3cc(Cl)c4c(c3)OCCCO4)ccc21. The Kier molecular flexibility index (Phi) is 5.31. The van der Waals surface area contributed by atoms with Gasteiger partial charge in [0.2, 0.25) is 10.0 Å². The third kappa shape index (κ3) is 4.13. The van der Waals surface area contributed by atoms with Gasteiger partial charge in [0.15, 0.2) is 11.5 Å². The Hall–Kier alpha value is -2.45. The van der Waals surface area contributed by atoms with E-state index in [1.54, 1.807) is 30.3 Å². The van der Waals surface area contributed by atoms with Crippen LogP contribution in [0.15, 0.2) is 30.3 Å². The van der Waals surface area contributed by atoms with Crippen molar-refractivity contribution in [1.29, 1.82) is 0 Å². The summed E-state index contributed by atoms with van der Waals surface area (Å²) in [6, 6.07) is 8.35. The first-order chi connectivity index (χ1) is 13.8. The van der Waals surface area contributed by atoms with E-state index in [9.17, 15) is 13.2 Å². The van der Waals surface area contributed by atoms with Crippen LogP contribution in [0.5, 0.6) is 11.5 Å². The van der Waals surface area contributed by atoms with Crippen molar-refractivity contribution in [2.24, 2.45) is 0 Å². The van der Waals surface area contributed by atoms with E-state index in [-0.39, 0.29) is 6.61 Å². The zero-order valence-corrected chi connectivity index (χ0v) is 17.4. The van der Waals surface area contributed by atoms with Crippen molar-refractivity contribution in [2.75, 3.05) is 30.3 Å². The molecule has 0 atom stereocenters. The van der Waals surface area contributed by atoms with Crippen LogP contribution in [0.2, 0.25) is 5.02 Å². The third-order valence-corrected chi connectivity index (χ3v) is 6.26. The van der Waals surface area contributed by atoms with Crippen LogP contribution in [-0.4, -0.2) is 40.4 Å². The van der Waals surface area contributed by atoms with Crippen LogP contribution in [0.4, 0.5) is 5.69 Å². The van der Waals surface area contributed by atoms with Crippen LogP contribution < -0.4 is 13.8 Å². The fraction of sp³-hybridized carbons (Fsp3) is 0.350. The van der Waals surface area contributed by atoms with E-state index < -0.39 is 16.0 Å². The lowest BCUT2D eigenvalue weighted by Crippen LogP contribution is -2.27. The van der Waals surface area contributed by atoms with Gasteiger partial charge in [0.25, 0.3) is 0 Å². The highest BCUT2D eigenvalue weighted by Crippen LogP contribution is 2.38. The monoisotopic (exact) mass is 437 g/mol. The number of hydrogen-bond donors (Lipinski definition) is 0. The Morgan fingerprint density at radius 2 is 2.00 bits per heavy atom. The van der Waals surface area contributed by atoms with Crippen molar-refractivity contribution < 1.29 is 27.4 Å². The van der Waals surface area contributed by atoms with Crippen LogP contribution in [0, 0.1) is 0 Å². The molecule has 2 aromatic carbocycles. The van der Waals surface area contributed by atoms with Crippen LogP contribution in [0.25, 0.3) is 0 Å². The molecular weight excluding hydrogens is 418 g/mol. The van der Waals surface area contributed by atoms with Gasteiger partial charge in [-0.05, 0) is 47.9 Å². The normalized spacial score (nSPS) is 15.6. The molecule has 7 nitrogen and oxygen atoms in total. The summed E-state index contributed by atoms with van der Waals surface area (Å²) in [7, 11) is -3.33. The van der Waals surface area contributed by atoms with E-state index in [1.807, 2.05) is 0 Å². The Balaban J connectivity index is 1.47. The van der Waals surface area contributed by atoms with Gasteiger partial charge in [-0.15, -0.1) is 0 Å². The molecule has 0 fully saturated rings. The van der Waals surface area contributed by atoms with Crippen molar-refractivity contribution >= 4 is 33.3 Å². The summed E-state index contributed by atoms with van der Waals surface area (Å²) in [6.45, 7) is 1.48. The van der Waals surface area contributed by atoms with Gasteiger partial charge >= 0.3 is 5.97 Å². The molecule has 154 valence electrons. The molecule has 0 saturated heterocycles. The minimum absolute atomic E-state index is 0.0295. The number of halogens is 1. The summed E-state index contributed by atoms with van der Waals surface area (Å²) >= 11 is 6.27. The number of ether oxygens (including phenoxy) is 3. The lowest BCUT2D eigenvalue weighted by molar-refractivity contribution is 0.0472. The van der Waals surface area contributed by atoms with E-state index >= 15 is 0 Å². The van der Waals surface area contributed by atoms with E-state index in [0.717, 1.165) is 12.0 Å². The van der Waals surface area contributed by atoms with Crippen LogP contribution in [0.1, 0.15) is 27.9 Å². The predicted molar refractivity (Wildman–Crippen MR) is 109 cm³/mol. The summed E-state index contributed by atoms with van der Waals surface area (Å²) < 4.78 is 41.7. The second-order valence-electron chi connectivity index (χ2n) is 6.96. The highest BCUT2D eigenvalue weighted by molar-refractivity contribution is 7.92. The largest absolute Gasteiger partial charge is 0.489 e. The van der Waals surface area contributed by atoms with E-state index in [0.29, 0.717) is 59.5 Å². The Morgan fingerprint density at radius 3 is 2.79 bits per heavy atom. The summed E-state index contributed by atoms with van der Waals surface area (Å²) in [5.41, 5.74) is 2.48. The summed E-state index contributed by atoms with van der Waals surface area (Å²) in [6.07, 6.45) is 2.50. The minimum atomic E-state index is -3.33. The first-order valence-corrected chi connectivity index (χ1v) is 11.4. The smallest absolute Gasteiger partial charge is 0.338 e. The number of fused-ring (bicyclic) bond motifs is 2. The summed E-state index contributed by atoms with van der Waals surface area (Å²) in [5, 5.41) is 0.411. The molecule has 2 aromatic rings. The molecular formula is C20H20ClNO6S. The third-order valence-electron chi connectivity index (χ3n) is 4.80. The van der Waals surface area contributed by atoms with Gasteiger partial charge in [0.1, 0.15) is 6.61 Å². The molecule has 0 radical (unpaired) electrons. The molecule has 0 aliphatic carbocycles. The molecule has 0 unspecified atom stereocenters. The maximum Gasteiger partial charge on any atom is 0.338 e. The lowest BCUT2D eigenvalue weighted by Gasteiger charge is -2.16. The molecule has 0 aromatic heterocycles. The molecule has 9 heteroatoms. The van der Waals surface area contributed by atoms with Crippen molar-refractivity contribution in [3.8, 4) is 11.5 Å². The van der Waals surface area contributed by atoms with Crippen molar-refractivity contribution in [1.82, 2.24) is 0 Å². The molecule has 0 N–H and O–H groups in total. The number of esters is 1. The molecule has 2 aliphatic heterocycles. The highest BCUT2D eigenvalue weighted by atomic mass is 35.5. The van der Waals surface area contributed by atoms with Gasteiger partial charge < -0.3 is 14.2 Å². The zero-order chi connectivity index (χ0) is 20.6. The molecule has 0 spiro atoms. The van der Waals surface area contributed by atoms with Gasteiger partial charge in [-0.2, -0.15) is 0 Å². The average Bonchev–Trinajstić information content (AvgIpc) is 2.96. The zero-order valence-electron chi connectivity index (χ0n) is 15.8. The first kappa shape index (κ1) is 19.8. The Labute approximate surface area is 174 Å². The molecule has 2 aliphatic rings. The van der Waals surface area contributed by atoms with Gasteiger partial charge in [-0.25, -0.2) is 13.2 Å². The van der Waals surface area contributed by atoms with Gasteiger partial charge in [-0.1, -0.05) is 11.6 Å². The number of carbonyl (C=O) groups is 1. The molecule has 29 heavy (non-hydrogen) atoms. The van der Waals surface area contributed by atoms with Crippen LogP contribution in [-0.2, 0) is 27.8 Å². The van der Waals surface area contributed by atoms with Gasteiger partial charge in [0.05, 0.1) is 35.7 Å². The average molecular weight is 438 g/mol. The molecule has 0 amide bonds. The lowest BCUT2D eigenvalue weighted by atomic mass is 10.1. The van der Waals surface area contributed by atoms with E-state index in [4.69, 9.17) is 25.8 Å². The van der Waals surface area contributed by atoms with Crippen molar-refractivity contribution in [3.05, 3.63) is 52.0 Å². The Bertz CT molecular complexity index is 1070. The van der Waals surface area contributed by atoms with Crippen molar-refractivity contribution in [3.63, 3.8) is 0 Å². The number of benzene rings is 2. The highest BCUT2D eigenvalue weighted by Gasteiger charge is 2.27. The maximum atomic E-state index is 12.5. The maximum absolute atomic E-state index is 12.5. The molecule has 0 saturated carbocycles. The Morgan fingerprint density at radius 1 is 1.21 bits per heavy atom. The fourth-order valence-electron chi connectivity index (χ4n) is 3.44. The summed E-state index contributed by atoms with van der Waals surface area (Å²) in [4.78, 5) is 12.5. The first-order valence-electron chi connectivity index (χ1n) is 9.19. The molecule has 2 heterocycles. The number of sulfonamides is 1. The molecule has 4 rings (SSSR count). The summed E-state index contributed by atoms with van der Waals surface area (Å²) in [5.74, 6) is 0.557. The number of nitrogens with zero attached hydrogens (tertiary/aromatic N) is 1. The van der Waals surface area contributed by atoms with Crippen molar-refractivity contribution in [2.45, 2.75) is 19.4 Å². The predicted octanol–water partition coefficient (Wildman–Crippen LogP) is 3.18. The molecule has 0 bridgehead atoms. The van der Waals surface area contributed by atoms with Gasteiger partial charge in [0, 0.05) is 13.0 Å². The number of carbonyl (C=O) groups excluding carboxylic acids is 1. The topological polar surface area (TPSA) is 82.1 Å². The number of hydrogen-bond acceptors (Lipinski definition) is 6. The van der Waals surface area contributed by atoms with E-state index in [2.05, 4.69) is 0 Å². The fourth-order valence-corrected chi connectivity index (χ4v) is 4.69. The quantitative estimate of drug-likeness (QED) is 0.683. The second kappa shape index (κ2) is 7.76. The minimum Gasteiger partial charge on any atom is -0.489 e. The van der Waals surface area contributed by atoms with Crippen LogP contribution >= 0.6 is 11.6 Å². The van der Waals surface area contributed by atoms with E-state index in [1.165, 1.54) is 10.6 Å². The standard InChI is InChI=1S/C20H20ClNO6S/c1-29(24,25)22-6-5-14-11-15(3-4-17(14)22)20(23)28-12-13-9-16(21)19-18(10-13)26-7-2-8-27-19/h3-4,9-11H,2,5-8,12H2,1H3. The number of anilines is 1. The second-order valence-corrected chi connectivity index (χ2v) is 9.27. The number of rotatable bonds is 4. The van der Waals surface area contributed by atoms with Gasteiger partial charge in [-0.3, -0.25) is 4.31 Å².